The fourth-order valence-electron chi connectivity index (χ4n) is 2.15. The lowest BCUT2D eigenvalue weighted by molar-refractivity contribution is 0.628. The number of aromatic nitrogens is 2. The predicted octanol–water partition coefficient (Wildman–Crippen LogP) is 2.16. The minimum absolute atomic E-state index is 0.208. The number of benzene rings is 2. The maximum atomic E-state index is 12.9. The van der Waals surface area contributed by atoms with E-state index in [0.717, 1.165) is 0 Å². The first-order chi connectivity index (χ1) is 11.0. The van der Waals surface area contributed by atoms with E-state index in [9.17, 15) is 14.0 Å². The fourth-order valence-corrected chi connectivity index (χ4v) is 2.38. The molecule has 0 saturated heterocycles. The van der Waals surface area contributed by atoms with Crippen LogP contribution in [0.2, 0.25) is 0 Å². The summed E-state index contributed by atoms with van der Waals surface area (Å²) in [4.78, 5) is 23.7. The summed E-state index contributed by atoms with van der Waals surface area (Å²) in [5.74, 6) is -0.353. The van der Waals surface area contributed by atoms with Gasteiger partial charge in [0.15, 0.2) is 5.11 Å². The van der Waals surface area contributed by atoms with E-state index in [-0.39, 0.29) is 21.7 Å². The summed E-state index contributed by atoms with van der Waals surface area (Å²) in [7, 11) is 0. The summed E-state index contributed by atoms with van der Waals surface area (Å²) in [6, 6.07) is 10.5. The van der Waals surface area contributed by atoms with Gasteiger partial charge in [0.05, 0.1) is 16.5 Å². The first-order valence-corrected chi connectivity index (χ1v) is 7.02. The van der Waals surface area contributed by atoms with Crippen LogP contribution in [0.25, 0.3) is 10.8 Å². The second kappa shape index (κ2) is 6.01. The molecule has 0 unspecified atom stereocenters. The largest absolute Gasteiger partial charge is 0.332 e. The molecule has 0 aliphatic carbocycles. The van der Waals surface area contributed by atoms with Crippen LogP contribution in [0.1, 0.15) is 0 Å². The molecule has 3 rings (SSSR count). The molecule has 3 aromatic rings. The van der Waals surface area contributed by atoms with E-state index in [1.807, 2.05) is 0 Å². The highest BCUT2D eigenvalue weighted by Crippen LogP contribution is 2.17. The van der Waals surface area contributed by atoms with Crippen molar-refractivity contribution in [2.24, 2.45) is 0 Å². The van der Waals surface area contributed by atoms with Crippen molar-refractivity contribution >= 4 is 39.5 Å². The Kier molecular flexibility index (Phi) is 3.90. The Morgan fingerprint density at radius 2 is 1.65 bits per heavy atom. The molecule has 1 heterocycles. The lowest BCUT2D eigenvalue weighted by Crippen LogP contribution is -2.23. The minimum atomic E-state index is -0.438. The molecule has 0 aliphatic heterocycles. The van der Waals surface area contributed by atoms with Crippen LogP contribution in [-0.4, -0.2) is 15.3 Å². The van der Waals surface area contributed by atoms with E-state index in [0.29, 0.717) is 11.4 Å². The first-order valence-electron chi connectivity index (χ1n) is 6.62. The van der Waals surface area contributed by atoms with Gasteiger partial charge >= 0.3 is 0 Å². The first kappa shape index (κ1) is 14.9. The number of H-pyrrole nitrogens is 2. The lowest BCUT2D eigenvalue weighted by atomic mass is 10.1. The summed E-state index contributed by atoms with van der Waals surface area (Å²) in [5, 5.41) is 11.0. The minimum Gasteiger partial charge on any atom is -0.332 e. The SMILES string of the molecule is O=c1[nH][nH]c(=O)c2c(NC(=S)Nc3ccc(F)cc3)cccc12. The number of thiocarbonyl (C=S) groups is 1. The van der Waals surface area contributed by atoms with Crippen molar-refractivity contribution in [1.82, 2.24) is 10.2 Å². The van der Waals surface area contributed by atoms with Gasteiger partial charge in [-0.2, -0.15) is 0 Å². The van der Waals surface area contributed by atoms with Gasteiger partial charge in [-0.1, -0.05) is 6.07 Å². The third-order valence-corrected chi connectivity index (χ3v) is 3.38. The van der Waals surface area contributed by atoms with Crippen LogP contribution in [0.3, 0.4) is 0 Å². The Hall–Kier alpha value is -3.00. The van der Waals surface area contributed by atoms with Crippen LogP contribution < -0.4 is 21.8 Å². The van der Waals surface area contributed by atoms with E-state index >= 15 is 0 Å². The normalized spacial score (nSPS) is 10.5. The topological polar surface area (TPSA) is 89.8 Å². The number of rotatable bonds is 2. The number of nitrogens with one attached hydrogen (secondary N) is 4. The van der Waals surface area contributed by atoms with Gasteiger partial charge in [0, 0.05) is 5.69 Å². The molecule has 0 atom stereocenters. The second-order valence-corrected chi connectivity index (χ2v) is 5.13. The Balaban J connectivity index is 1.91. The van der Waals surface area contributed by atoms with Crippen LogP contribution in [0.15, 0.2) is 52.1 Å². The zero-order valence-corrected chi connectivity index (χ0v) is 12.5. The van der Waals surface area contributed by atoms with E-state index in [1.165, 1.54) is 24.3 Å². The van der Waals surface area contributed by atoms with Crippen molar-refractivity contribution in [3.63, 3.8) is 0 Å². The molecule has 4 N–H and O–H groups in total. The fraction of sp³-hybridized carbons (Fsp3) is 0. The van der Waals surface area contributed by atoms with E-state index in [4.69, 9.17) is 12.2 Å². The van der Waals surface area contributed by atoms with Gasteiger partial charge in [0.1, 0.15) is 5.82 Å². The monoisotopic (exact) mass is 330 g/mol. The number of fused-ring (bicyclic) bond motifs is 1. The van der Waals surface area contributed by atoms with Gasteiger partial charge < -0.3 is 10.6 Å². The molecule has 2 aromatic carbocycles. The van der Waals surface area contributed by atoms with Crippen molar-refractivity contribution in [2.45, 2.75) is 0 Å². The summed E-state index contributed by atoms with van der Waals surface area (Å²) in [6.07, 6.45) is 0. The molecule has 0 saturated carbocycles. The molecule has 1 aromatic heterocycles. The summed E-state index contributed by atoms with van der Waals surface area (Å²) in [6.45, 7) is 0. The Morgan fingerprint density at radius 3 is 2.39 bits per heavy atom. The molecule has 6 nitrogen and oxygen atoms in total. The van der Waals surface area contributed by atoms with Crippen molar-refractivity contribution in [3.05, 3.63) is 69.0 Å². The van der Waals surface area contributed by atoms with E-state index < -0.39 is 11.1 Å². The molecule has 116 valence electrons. The summed E-state index contributed by atoms with van der Waals surface area (Å²) < 4.78 is 12.9. The maximum absolute atomic E-state index is 12.9. The molecular formula is C15H11FN4O2S. The van der Waals surface area contributed by atoms with E-state index in [1.54, 1.807) is 18.2 Å². The molecule has 0 amide bonds. The molecule has 0 aliphatic rings. The third-order valence-electron chi connectivity index (χ3n) is 3.18. The third kappa shape index (κ3) is 3.11. The average Bonchev–Trinajstić information content (AvgIpc) is 2.53. The highest BCUT2D eigenvalue weighted by molar-refractivity contribution is 7.80. The van der Waals surface area contributed by atoms with Gasteiger partial charge in [0.2, 0.25) is 0 Å². The van der Waals surface area contributed by atoms with Gasteiger partial charge in [-0.15, -0.1) is 0 Å². The standard InChI is InChI=1S/C15H11FN4O2S/c16-8-4-6-9(7-5-8)17-15(23)18-11-3-1-2-10-12(11)14(22)20-19-13(10)21/h1-7H,(H,19,21)(H,20,22)(H2,17,18,23). The van der Waals surface area contributed by atoms with Crippen molar-refractivity contribution in [2.75, 3.05) is 10.6 Å². The van der Waals surface area contributed by atoms with Crippen LogP contribution in [0.4, 0.5) is 15.8 Å². The van der Waals surface area contributed by atoms with Crippen LogP contribution in [0.5, 0.6) is 0 Å². The number of anilines is 2. The maximum Gasteiger partial charge on any atom is 0.272 e. The molecule has 23 heavy (non-hydrogen) atoms. The highest BCUT2D eigenvalue weighted by Gasteiger charge is 2.09. The van der Waals surface area contributed by atoms with Gasteiger partial charge in [0.25, 0.3) is 11.1 Å². The molecule has 0 fully saturated rings. The highest BCUT2D eigenvalue weighted by atomic mass is 32.1. The Morgan fingerprint density at radius 1 is 0.957 bits per heavy atom. The Labute approximate surface area is 134 Å². The molecule has 0 bridgehead atoms. The number of aromatic amines is 2. The average molecular weight is 330 g/mol. The van der Waals surface area contributed by atoms with Crippen LogP contribution in [-0.2, 0) is 0 Å². The van der Waals surface area contributed by atoms with Gasteiger partial charge in [-0.05, 0) is 48.6 Å². The van der Waals surface area contributed by atoms with Gasteiger partial charge in [-0.3, -0.25) is 19.8 Å². The summed E-state index contributed by atoms with van der Waals surface area (Å²) >= 11 is 5.18. The second-order valence-electron chi connectivity index (χ2n) is 4.72. The smallest absolute Gasteiger partial charge is 0.272 e. The lowest BCUT2D eigenvalue weighted by Gasteiger charge is -2.12. The van der Waals surface area contributed by atoms with Crippen LogP contribution in [0, 0.1) is 5.82 Å². The number of hydrogen-bond donors (Lipinski definition) is 4. The van der Waals surface area contributed by atoms with Crippen LogP contribution >= 0.6 is 12.2 Å². The van der Waals surface area contributed by atoms with Gasteiger partial charge in [-0.25, -0.2) is 4.39 Å². The Bertz CT molecular complexity index is 995. The van der Waals surface area contributed by atoms with E-state index in [2.05, 4.69) is 20.8 Å². The zero-order chi connectivity index (χ0) is 16.4. The molecular weight excluding hydrogens is 319 g/mol. The zero-order valence-electron chi connectivity index (χ0n) is 11.6. The number of hydrogen-bond acceptors (Lipinski definition) is 3. The molecule has 0 spiro atoms. The number of halogens is 1. The summed E-state index contributed by atoms with van der Waals surface area (Å²) in [5.41, 5.74) is 0.151. The van der Waals surface area contributed by atoms with Crippen molar-refractivity contribution in [1.29, 1.82) is 0 Å². The quantitative estimate of drug-likeness (QED) is 0.541. The van der Waals surface area contributed by atoms with Crippen molar-refractivity contribution in [3.8, 4) is 0 Å². The predicted molar refractivity (Wildman–Crippen MR) is 91.4 cm³/mol. The molecule has 8 heteroatoms. The van der Waals surface area contributed by atoms with Crippen molar-refractivity contribution < 1.29 is 4.39 Å². The molecule has 0 radical (unpaired) electrons.